The van der Waals surface area contributed by atoms with Crippen molar-refractivity contribution in [2.75, 3.05) is 12.8 Å². The molecule has 0 unspecified atom stereocenters. The molecule has 0 spiro atoms. The van der Waals surface area contributed by atoms with Crippen molar-refractivity contribution in [2.24, 2.45) is 0 Å². The number of benzene rings is 1. The Morgan fingerprint density at radius 2 is 2.20 bits per heavy atom. The number of anilines is 1. The second kappa shape index (κ2) is 3.65. The highest BCUT2D eigenvalue weighted by Gasteiger charge is 2.07. The molecule has 0 aliphatic heterocycles. The van der Waals surface area contributed by atoms with Gasteiger partial charge in [0.05, 0.1) is 12.8 Å². The summed E-state index contributed by atoms with van der Waals surface area (Å²) >= 11 is 0. The van der Waals surface area contributed by atoms with Gasteiger partial charge in [0, 0.05) is 5.56 Å². The normalized spacial score (nSPS) is 10.3. The standard InChI is InChI=1S/C11H13N3O/c1-7-13-10(11(12)14-7)8-4-3-5-9(6-8)15-2/h3-6H,12H2,1-2H3,(H,13,14). The molecule has 1 heterocycles. The summed E-state index contributed by atoms with van der Waals surface area (Å²) in [6.45, 7) is 1.88. The Morgan fingerprint density at radius 3 is 2.80 bits per heavy atom. The Labute approximate surface area is 88.1 Å². The number of hydrogen-bond acceptors (Lipinski definition) is 3. The summed E-state index contributed by atoms with van der Waals surface area (Å²) in [6.07, 6.45) is 0. The lowest BCUT2D eigenvalue weighted by Crippen LogP contribution is -1.89. The predicted octanol–water partition coefficient (Wildman–Crippen LogP) is 1.98. The lowest BCUT2D eigenvalue weighted by molar-refractivity contribution is 0.415. The number of ether oxygens (including phenoxy) is 1. The highest BCUT2D eigenvalue weighted by molar-refractivity contribution is 5.71. The van der Waals surface area contributed by atoms with E-state index in [1.54, 1.807) is 7.11 Å². The smallest absolute Gasteiger partial charge is 0.149 e. The van der Waals surface area contributed by atoms with Gasteiger partial charge in [0.25, 0.3) is 0 Å². The molecule has 0 aliphatic rings. The second-order valence-corrected chi connectivity index (χ2v) is 3.31. The molecule has 3 N–H and O–H groups in total. The van der Waals surface area contributed by atoms with Crippen LogP contribution in [0.25, 0.3) is 11.3 Å². The lowest BCUT2D eigenvalue weighted by atomic mass is 10.1. The number of nitrogens with zero attached hydrogens (tertiary/aromatic N) is 1. The number of aromatic amines is 1. The van der Waals surface area contributed by atoms with Crippen molar-refractivity contribution in [1.29, 1.82) is 0 Å². The van der Waals surface area contributed by atoms with Crippen molar-refractivity contribution >= 4 is 5.82 Å². The zero-order valence-corrected chi connectivity index (χ0v) is 8.74. The van der Waals surface area contributed by atoms with E-state index in [2.05, 4.69) is 9.97 Å². The molecule has 0 amide bonds. The topological polar surface area (TPSA) is 63.9 Å². The summed E-state index contributed by atoms with van der Waals surface area (Å²) in [5, 5.41) is 0. The summed E-state index contributed by atoms with van der Waals surface area (Å²) in [5.41, 5.74) is 7.60. The van der Waals surface area contributed by atoms with Crippen LogP contribution in [0.15, 0.2) is 24.3 Å². The Morgan fingerprint density at radius 1 is 1.40 bits per heavy atom. The Bertz CT molecular complexity index is 476. The molecule has 2 aromatic rings. The van der Waals surface area contributed by atoms with Crippen LogP contribution < -0.4 is 10.5 Å². The van der Waals surface area contributed by atoms with Crippen LogP contribution in [0.2, 0.25) is 0 Å². The monoisotopic (exact) mass is 203 g/mol. The number of nitrogens with two attached hydrogens (primary N) is 1. The van der Waals surface area contributed by atoms with E-state index in [0.29, 0.717) is 5.82 Å². The van der Waals surface area contributed by atoms with Crippen molar-refractivity contribution in [1.82, 2.24) is 9.97 Å². The van der Waals surface area contributed by atoms with Crippen LogP contribution >= 0.6 is 0 Å². The molecule has 0 radical (unpaired) electrons. The van der Waals surface area contributed by atoms with E-state index in [9.17, 15) is 0 Å². The summed E-state index contributed by atoms with van der Waals surface area (Å²) in [5.74, 6) is 2.13. The van der Waals surface area contributed by atoms with Gasteiger partial charge in [-0.1, -0.05) is 12.1 Å². The third kappa shape index (κ3) is 1.79. The van der Waals surface area contributed by atoms with Crippen LogP contribution in [-0.4, -0.2) is 17.1 Å². The number of methoxy groups -OCH3 is 1. The van der Waals surface area contributed by atoms with Gasteiger partial charge in [0.2, 0.25) is 0 Å². The maximum absolute atomic E-state index is 5.78. The highest BCUT2D eigenvalue weighted by Crippen LogP contribution is 2.26. The number of aromatic nitrogens is 2. The number of nitrogen functional groups attached to an aromatic ring is 1. The van der Waals surface area contributed by atoms with Crippen molar-refractivity contribution in [3.63, 3.8) is 0 Å². The van der Waals surface area contributed by atoms with Crippen LogP contribution in [0.4, 0.5) is 5.82 Å². The predicted molar refractivity (Wildman–Crippen MR) is 59.7 cm³/mol. The second-order valence-electron chi connectivity index (χ2n) is 3.31. The number of hydrogen-bond donors (Lipinski definition) is 2. The lowest BCUT2D eigenvalue weighted by Gasteiger charge is -2.02. The SMILES string of the molecule is COc1cccc(-c2[nH]c(C)nc2N)c1. The van der Waals surface area contributed by atoms with E-state index < -0.39 is 0 Å². The van der Waals surface area contributed by atoms with Crippen molar-refractivity contribution in [3.8, 4) is 17.0 Å². The maximum Gasteiger partial charge on any atom is 0.149 e. The van der Waals surface area contributed by atoms with Gasteiger partial charge in [-0.05, 0) is 19.1 Å². The van der Waals surface area contributed by atoms with Gasteiger partial charge < -0.3 is 15.5 Å². The average molecular weight is 203 g/mol. The van der Waals surface area contributed by atoms with E-state index >= 15 is 0 Å². The number of rotatable bonds is 2. The first-order valence-corrected chi connectivity index (χ1v) is 4.67. The number of H-pyrrole nitrogens is 1. The maximum atomic E-state index is 5.78. The summed E-state index contributed by atoms with van der Waals surface area (Å²) in [7, 11) is 1.64. The number of nitrogens with one attached hydrogen (secondary N) is 1. The molecule has 2 rings (SSSR count). The van der Waals surface area contributed by atoms with Gasteiger partial charge in [-0.15, -0.1) is 0 Å². The van der Waals surface area contributed by atoms with Gasteiger partial charge in [-0.2, -0.15) is 0 Å². The van der Waals surface area contributed by atoms with E-state index in [-0.39, 0.29) is 0 Å². The molecule has 4 heteroatoms. The summed E-state index contributed by atoms with van der Waals surface area (Å²) < 4.78 is 5.15. The molecule has 0 aliphatic carbocycles. The molecule has 0 fully saturated rings. The van der Waals surface area contributed by atoms with Crippen LogP contribution in [0.3, 0.4) is 0 Å². The fourth-order valence-corrected chi connectivity index (χ4v) is 1.51. The molecule has 15 heavy (non-hydrogen) atoms. The highest BCUT2D eigenvalue weighted by atomic mass is 16.5. The van der Waals surface area contributed by atoms with E-state index in [1.807, 2.05) is 31.2 Å². The van der Waals surface area contributed by atoms with E-state index in [0.717, 1.165) is 22.8 Å². The van der Waals surface area contributed by atoms with Crippen LogP contribution in [0.1, 0.15) is 5.82 Å². The zero-order valence-electron chi connectivity index (χ0n) is 8.74. The first-order valence-electron chi connectivity index (χ1n) is 4.67. The molecule has 0 bridgehead atoms. The van der Waals surface area contributed by atoms with Gasteiger partial charge >= 0.3 is 0 Å². The third-order valence-corrected chi connectivity index (χ3v) is 2.21. The quantitative estimate of drug-likeness (QED) is 0.784. The fourth-order valence-electron chi connectivity index (χ4n) is 1.51. The minimum atomic E-state index is 0.515. The summed E-state index contributed by atoms with van der Waals surface area (Å²) in [4.78, 5) is 7.24. The van der Waals surface area contributed by atoms with Crippen LogP contribution in [0, 0.1) is 6.92 Å². The number of imidazole rings is 1. The van der Waals surface area contributed by atoms with E-state index in [1.165, 1.54) is 0 Å². The van der Waals surface area contributed by atoms with Crippen molar-refractivity contribution in [3.05, 3.63) is 30.1 Å². The largest absolute Gasteiger partial charge is 0.497 e. The minimum absolute atomic E-state index is 0.515. The molecule has 0 atom stereocenters. The van der Waals surface area contributed by atoms with Crippen molar-refractivity contribution in [2.45, 2.75) is 6.92 Å². The molecular weight excluding hydrogens is 190 g/mol. The molecule has 0 saturated carbocycles. The molecule has 4 nitrogen and oxygen atoms in total. The zero-order chi connectivity index (χ0) is 10.8. The average Bonchev–Trinajstić information content (AvgIpc) is 2.58. The Kier molecular flexibility index (Phi) is 2.33. The van der Waals surface area contributed by atoms with Crippen LogP contribution in [-0.2, 0) is 0 Å². The Hall–Kier alpha value is -1.97. The molecule has 0 saturated heterocycles. The molecule has 78 valence electrons. The Balaban J connectivity index is 2.49. The fraction of sp³-hybridized carbons (Fsp3) is 0.182. The van der Waals surface area contributed by atoms with Gasteiger partial charge in [0.1, 0.15) is 17.4 Å². The number of aryl methyl sites for hydroxylation is 1. The van der Waals surface area contributed by atoms with E-state index in [4.69, 9.17) is 10.5 Å². The van der Waals surface area contributed by atoms with Gasteiger partial charge in [-0.25, -0.2) is 4.98 Å². The third-order valence-electron chi connectivity index (χ3n) is 2.21. The molecular formula is C11H13N3O. The molecule has 1 aromatic heterocycles. The van der Waals surface area contributed by atoms with Gasteiger partial charge in [0.15, 0.2) is 0 Å². The van der Waals surface area contributed by atoms with Crippen molar-refractivity contribution < 1.29 is 4.74 Å². The minimum Gasteiger partial charge on any atom is -0.497 e. The first-order chi connectivity index (χ1) is 7.20. The van der Waals surface area contributed by atoms with Crippen LogP contribution in [0.5, 0.6) is 5.75 Å². The first kappa shape index (κ1) is 9.58. The van der Waals surface area contributed by atoms with Gasteiger partial charge in [-0.3, -0.25) is 0 Å². The summed E-state index contributed by atoms with van der Waals surface area (Å²) in [6, 6.07) is 7.70. The molecule has 1 aromatic carbocycles.